The number of carboxylic acids is 1. The average molecular weight is 422 g/mol. The molecule has 3 heterocycles. The molecule has 0 radical (unpaired) electrons. The lowest BCUT2D eigenvalue weighted by molar-refractivity contribution is -0.137. The Morgan fingerprint density at radius 3 is 2.87 bits per heavy atom. The van der Waals surface area contributed by atoms with Crippen LogP contribution in [0, 0.1) is 5.82 Å². The summed E-state index contributed by atoms with van der Waals surface area (Å²) in [5.41, 5.74) is 7.44. The summed E-state index contributed by atoms with van der Waals surface area (Å²) in [6, 6.07) is 9.56. The smallest absolute Gasteiger partial charge is 0.303 e. The number of aromatic amines is 1. The van der Waals surface area contributed by atoms with Crippen LogP contribution in [0.5, 0.6) is 11.5 Å². The zero-order chi connectivity index (χ0) is 21.8. The van der Waals surface area contributed by atoms with Crippen LogP contribution in [0.25, 0.3) is 11.0 Å². The number of benzene rings is 1. The average Bonchev–Trinajstić information content (AvgIpc) is 3.19. The lowest BCUT2D eigenvalue weighted by Crippen LogP contribution is -2.04. The number of rotatable bonds is 8. The number of nitrogens with two attached hydrogens (primary N) is 1. The fourth-order valence-corrected chi connectivity index (χ4v) is 3.08. The summed E-state index contributed by atoms with van der Waals surface area (Å²) in [4.78, 5) is 26.0. The van der Waals surface area contributed by atoms with E-state index in [2.05, 4.69) is 25.3 Å². The predicted octanol–water partition coefficient (Wildman–Crippen LogP) is 4.02. The summed E-state index contributed by atoms with van der Waals surface area (Å²) in [7, 11) is 0. The van der Waals surface area contributed by atoms with Crippen LogP contribution in [-0.2, 0) is 11.2 Å². The van der Waals surface area contributed by atoms with Gasteiger partial charge >= 0.3 is 5.97 Å². The topological polar surface area (TPSA) is 139 Å². The number of nitrogens with zero attached hydrogens (tertiary/aromatic N) is 3. The lowest BCUT2D eigenvalue weighted by Gasteiger charge is -2.11. The first kappa shape index (κ1) is 20.1. The van der Waals surface area contributed by atoms with E-state index < -0.39 is 11.8 Å². The van der Waals surface area contributed by atoms with Gasteiger partial charge in [-0.15, -0.1) is 0 Å². The molecule has 31 heavy (non-hydrogen) atoms. The molecule has 0 atom stereocenters. The Bertz CT molecular complexity index is 1240. The molecule has 0 bridgehead atoms. The summed E-state index contributed by atoms with van der Waals surface area (Å²) in [5.74, 6) is -0.453. The highest BCUT2D eigenvalue weighted by Crippen LogP contribution is 2.31. The minimum atomic E-state index is -0.873. The number of nitrogen functional groups attached to an aromatic ring is 1. The molecule has 3 aromatic heterocycles. The molecule has 0 aliphatic heterocycles. The Hall–Kier alpha value is -4.21. The number of carboxylic acid groups (broad SMARTS) is 1. The molecule has 0 aliphatic carbocycles. The number of aliphatic carboxylic acids is 1. The van der Waals surface area contributed by atoms with Crippen molar-refractivity contribution in [1.29, 1.82) is 0 Å². The molecule has 158 valence electrons. The van der Waals surface area contributed by atoms with Crippen LogP contribution in [0.1, 0.15) is 18.5 Å². The van der Waals surface area contributed by atoms with Crippen LogP contribution in [0.4, 0.5) is 21.8 Å². The number of H-pyrrole nitrogens is 1. The number of ether oxygens (including phenoxy) is 1. The fraction of sp³-hybridized carbons (Fsp3) is 0.143. The first-order chi connectivity index (χ1) is 15.0. The highest BCUT2D eigenvalue weighted by atomic mass is 19.1. The molecule has 0 saturated heterocycles. The van der Waals surface area contributed by atoms with Gasteiger partial charge in [0.05, 0.1) is 5.39 Å². The van der Waals surface area contributed by atoms with E-state index >= 15 is 0 Å². The number of carbonyl (C=O) groups is 1. The van der Waals surface area contributed by atoms with Gasteiger partial charge < -0.3 is 25.9 Å². The summed E-state index contributed by atoms with van der Waals surface area (Å²) in [6.07, 6.45) is 4.21. The number of nitrogens with one attached hydrogen (secondary N) is 2. The van der Waals surface area contributed by atoms with Crippen LogP contribution in [0.15, 0.2) is 48.8 Å². The van der Waals surface area contributed by atoms with E-state index in [9.17, 15) is 9.18 Å². The van der Waals surface area contributed by atoms with Crippen molar-refractivity contribution in [3.05, 3.63) is 60.3 Å². The third-order valence-electron chi connectivity index (χ3n) is 4.46. The lowest BCUT2D eigenvalue weighted by atomic mass is 10.2. The van der Waals surface area contributed by atoms with E-state index in [4.69, 9.17) is 15.6 Å². The zero-order valence-electron chi connectivity index (χ0n) is 16.3. The summed E-state index contributed by atoms with van der Waals surface area (Å²) in [5, 5.41) is 12.5. The minimum Gasteiger partial charge on any atom is -0.481 e. The zero-order valence-corrected chi connectivity index (χ0v) is 16.3. The molecule has 0 amide bonds. The van der Waals surface area contributed by atoms with E-state index in [1.165, 1.54) is 12.1 Å². The van der Waals surface area contributed by atoms with Gasteiger partial charge in [-0.2, -0.15) is 4.98 Å². The molecule has 4 aromatic rings. The van der Waals surface area contributed by atoms with Gasteiger partial charge in [-0.05, 0) is 37.1 Å². The monoisotopic (exact) mass is 422 g/mol. The van der Waals surface area contributed by atoms with Crippen molar-refractivity contribution in [2.45, 2.75) is 19.3 Å². The normalized spacial score (nSPS) is 10.9. The molecule has 4 rings (SSSR count). The standard InChI is InChI=1S/C21H19FN6O3/c22-15-10-13(26-18-11-12(27-21(23)28-18)2-1-3-19(29)30)4-5-17(15)31-16-7-9-25-20-14(16)6-8-24-20/h4-11H,1-3H2,(H,24,25)(H,29,30)(H3,23,26,27,28). The van der Waals surface area contributed by atoms with E-state index in [-0.39, 0.29) is 18.1 Å². The van der Waals surface area contributed by atoms with Crippen LogP contribution in [-0.4, -0.2) is 31.0 Å². The molecular weight excluding hydrogens is 403 g/mol. The van der Waals surface area contributed by atoms with E-state index in [0.717, 1.165) is 5.39 Å². The summed E-state index contributed by atoms with van der Waals surface area (Å²) in [6.45, 7) is 0. The Morgan fingerprint density at radius 1 is 1.19 bits per heavy atom. The molecule has 0 fully saturated rings. The van der Waals surface area contributed by atoms with E-state index in [1.54, 1.807) is 36.7 Å². The van der Waals surface area contributed by atoms with Gasteiger partial charge in [-0.1, -0.05) is 0 Å². The Labute approximate surface area is 176 Å². The number of aromatic nitrogens is 4. The number of hydrogen-bond donors (Lipinski definition) is 4. The first-order valence-electron chi connectivity index (χ1n) is 9.50. The number of fused-ring (bicyclic) bond motifs is 1. The van der Waals surface area contributed by atoms with Crippen molar-refractivity contribution in [1.82, 2.24) is 19.9 Å². The van der Waals surface area contributed by atoms with Gasteiger partial charge in [0.2, 0.25) is 5.95 Å². The van der Waals surface area contributed by atoms with Crippen molar-refractivity contribution in [2.24, 2.45) is 0 Å². The fourth-order valence-electron chi connectivity index (χ4n) is 3.08. The molecule has 9 nitrogen and oxygen atoms in total. The van der Waals surface area contributed by atoms with Crippen molar-refractivity contribution in [3.63, 3.8) is 0 Å². The Morgan fingerprint density at radius 2 is 2.06 bits per heavy atom. The largest absolute Gasteiger partial charge is 0.481 e. The molecule has 0 spiro atoms. The molecule has 1 aromatic carbocycles. The maximum atomic E-state index is 14.7. The van der Waals surface area contributed by atoms with Crippen LogP contribution in [0.3, 0.4) is 0 Å². The van der Waals surface area contributed by atoms with Crippen LogP contribution in [0.2, 0.25) is 0 Å². The van der Waals surface area contributed by atoms with Gasteiger partial charge in [0.25, 0.3) is 0 Å². The third kappa shape index (κ3) is 4.86. The van der Waals surface area contributed by atoms with Gasteiger partial charge in [0, 0.05) is 42.3 Å². The maximum Gasteiger partial charge on any atom is 0.303 e. The quantitative estimate of drug-likeness (QED) is 0.334. The highest BCUT2D eigenvalue weighted by Gasteiger charge is 2.11. The maximum absolute atomic E-state index is 14.7. The predicted molar refractivity (Wildman–Crippen MR) is 113 cm³/mol. The third-order valence-corrected chi connectivity index (χ3v) is 4.46. The second-order valence-corrected chi connectivity index (χ2v) is 6.77. The Kier molecular flexibility index (Phi) is 5.61. The van der Waals surface area contributed by atoms with Gasteiger partial charge in [0.1, 0.15) is 17.2 Å². The molecule has 0 saturated carbocycles. The second-order valence-electron chi connectivity index (χ2n) is 6.77. The number of halogens is 1. The second kappa shape index (κ2) is 8.66. The summed E-state index contributed by atoms with van der Waals surface area (Å²) >= 11 is 0. The Balaban J connectivity index is 1.49. The van der Waals surface area contributed by atoms with Gasteiger partial charge in [-0.25, -0.2) is 14.4 Å². The van der Waals surface area contributed by atoms with E-state index in [0.29, 0.717) is 41.4 Å². The number of anilines is 3. The van der Waals surface area contributed by atoms with Gasteiger partial charge in [-0.3, -0.25) is 4.79 Å². The van der Waals surface area contributed by atoms with Crippen LogP contribution < -0.4 is 15.8 Å². The minimum absolute atomic E-state index is 0.0336. The van der Waals surface area contributed by atoms with Crippen LogP contribution >= 0.6 is 0 Å². The van der Waals surface area contributed by atoms with E-state index in [1.807, 2.05) is 0 Å². The van der Waals surface area contributed by atoms with Crippen molar-refractivity contribution < 1.29 is 19.0 Å². The highest BCUT2D eigenvalue weighted by molar-refractivity contribution is 5.82. The van der Waals surface area contributed by atoms with Gasteiger partial charge in [0.15, 0.2) is 11.6 Å². The molecular formula is C21H19FN6O3. The SMILES string of the molecule is Nc1nc(CCCC(=O)O)cc(Nc2ccc(Oc3ccnc4[nH]ccc34)c(F)c2)n1. The van der Waals surface area contributed by atoms with Crippen molar-refractivity contribution in [2.75, 3.05) is 11.1 Å². The molecule has 0 unspecified atom stereocenters. The summed E-state index contributed by atoms with van der Waals surface area (Å²) < 4.78 is 20.4. The number of hydrogen-bond acceptors (Lipinski definition) is 7. The van der Waals surface area contributed by atoms with Crippen molar-refractivity contribution >= 4 is 34.5 Å². The first-order valence-corrected chi connectivity index (χ1v) is 9.50. The van der Waals surface area contributed by atoms with Crippen molar-refractivity contribution in [3.8, 4) is 11.5 Å². The molecule has 0 aliphatic rings. The number of aryl methyl sites for hydroxylation is 1. The number of pyridine rings is 1. The molecule has 10 heteroatoms. The molecule has 5 N–H and O–H groups in total.